The van der Waals surface area contributed by atoms with Gasteiger partial charge in [0.2, 0.25) is 5.82 Å². The van der Waals surface area contributed by atoms with Crippen LogP contribution in [0.1, 0.15) is 26.3 Å². The summed E-state index contributed by atoms with van der Waals surface area (Å²) in [7, 11) is 0. The van der Waals surface area contributed by atoms with Crippen molar-refractivity contribution in [3.05, 3.63) is 34.6 Å². The summed E-state index contributed by atoms with van der Waals surface area (Å²) in [6.45, 7) is 3.34. The van der Waals surface area contributed by atoms with E-state index in [0.717, 1.165) is 4.90 Å². The largest absolute Gasteiger partial charge is 0.480 e. The minimum atomic E-state index is -2.24. The van der Waals surface area contributed by atoms with Gasteiger partial charge in [-0.3, -0.25) is 9.69 Å². The van der Waals surface area contributed by atoms with Gasteiger partial charge in [-0.05, 0) is 20.8 Å². The number of carboxylic acid groups (broad SMARTS) is 1. The molecule has 3 nitrogen and oxygen atoms in total. The average molecular weight is 311 g/mol. The van der Waals surface area contributed by atoms with Gasteiger partial charge in [-0.25, -0.2) is 22.0 Å². The maximum Gasteiger partial charge on any atom is 0.317 e. The van der Waals surface area contributed by atoms with E-state index in [1.54, 1.807) is 20.8 Å². The first-order valence-corrected chi connectivity index (χ1v) is 5.94. The van der Waals surface area contributed by atoms with Crippen LogP contribution in [0.25, 0.3) is 0 Å². The Bertz CT molecular complexity index is 540. The number of hydrogen-bond donors (Lipinski definition) is 1. The smallest absolute Gasteiger partial charge is 0.317 e. The van der Waals surface area contributed by atoms with E-state index in [1.807, 2.05) is 0 Å². The molecule has 0 amide bonds. The number of hydrogen-bond acceptors (Lipinski definition) is 2. The number of carbonyl (C=O) groups is 1. The molecule has 1 aromatic rings. The lowest BCUT2D eigenvalue weighted by Crippen LogP contribution is -2.44. The van der Waals surface area contributed by atoms with Crippen molar-refractivity contribution in [3.8, 4) is 0 Å². The minimum absolute atomic E-state index is 0.608. The first-order chi connectivity index (χ1) is 9.46. The number of benzene rings is 1. The zero-order valence-electron chi connectivity index (χ0n) is 11.6. The van der Waals surface area contributed by atoms with E-state index in [2.05, 4.69) is 0 Å². The number of carboxylic acids is 1. The van der Waals surface area contributed by atoms with E-state index in [1.165, 1.54) is 0 Å². The molecule has 0 saturated carbocycles. The molecular weight excluding hydrogens is 297 g/mol. The Kier molecular flexibility index (Phi) is 4.93. The Balaban J connectivity index is 3.31. The fourth-order valence-corrected chi connectivity index (χ4v) is 1.67. The summed E-state index contributed by atoms with van der Waals surface area (Å²) in [5.41, 5.74) is -1.90. The Morgan fingerprint density at radius 1 is 0.952 bits per heavy atom. The summed E-state index contributed by atoms with van der Waals surface area (Å²) in [6, 6.07) is 0. The molecule has 1 rings (SSSR count). The van der Waals surface area contributed by atoms with Crippen LogP contribution in [-0.2, 0) is 11.3 Å². The SMILES string of the molecule is CC(C)(C)N(CC(=O)O)Cc1c(F)c(F)c(F)c(F)c1F. The van der Waals surface area contributed by atoms with Crippen molar-refractivity contribution in [2.45, 2.75) is 32.9 Å². The molecule has 0 spiro atoms. The van der Waals surface area contributed by atoms with E-state index in [-0.39, 0.29) is 0 Å². The molecule has 0 aliphatic heterocycles. The maximum atomic E-state index is 13.6. The first-order valence-electron chi connectivity index (χ1n) is 5.94. The number of rotatable bonds is 4. The summed E-state index contributed by atoms with van der Waals surface area (Å²) in [5, 5.41) is 8.78. The van der Waals surface area contributed by atoms with E-state index >= 15 is 0 Å². The van der Waals surface area contributed by atoms with Gasteiger partial charge in [0.1, 0.15) is 0 Å². The summed E-state index contributed by atoms with van der Waals surface area (Å²) in [5.74, 6) is -11.5. The summed E-state index contributed by atoms with van der Waals surface area (Å²) >= 11 is 0. The molecule has 0 radical (unpaired) electrons. The molecule has 0 heterocycles. The quantitative estimate of drug-likeness (QED) is 0.528. The van der Waals surface area contributed by atoms with Gasteiger partial charge < -0.3 is 5.11 Å². The topological polar surface area (TPSA) is 40.5 Å². The molecule has 0 saturated heterocycles. The summed E-state index contributed by atoms with van der Waals surface area (Å²) in [4.78, 5) is 11.9. The molecule has 1 N–H and O–H groups in total. The van der Waals surface area contributed by atoms with Crippen molar-refractivity contribution in [2.75, 3.05) is 6.54 Å². The zero-order valence-corrected chi connectivity index (χ0v) is 11.6. The van der Waals surface area contributed by atoms with Crippen LogP contribution in [0.5, 0.6) is 0 Å². The fraction of sp³-hybridized carbons (Fsp3) is 0.462. The second kappa shape index (κ2) is 5.97. The van der Waals surface area contributed by atoms with Crippen molar-refractivity contribution in [3.63, 3.8) is 0 Å². The highest BCUT2D eigenvalue weighted by molar-refractivity contribution is 5.69. The van der Waals surface area contributed by atoms with E-state index in [9.17, 15) is 26.7 Å². The van der Waals surface area contributed by atoms with Crippen LogP contribution >= 0.6 is 0 Å². The summed E-state index contributed by atoms with van der Waals surface area (Å²) in [6.07, 6.45) is 0. The van der Waals surface area contributed by atoms with Gasteiger partial charge >= 0.3 is 5.97 Å². The monoisotopic (exact) mass is 311 g/mol. The van der Waals surface area contributed by atoms with Gasteiger partial charge in [0, 0.05) is 17.6 Å². The van der Waals surface area contributed by atoms with Crippen LogP contribution in [0.4, 0.5) is 22.0 Å². The Labute approximate surface area is 118 Å². The third-order valence-corrected chi connectivity index (χ3v) is 2.92. The van der Waals surface area contributed by atoms with E-state index in [4.69, 9.17) is 5.11 Å². The third kappa shape index (κ3) is 3.69. The molecule has 0 fully saturated rings. The lowest BCUT2D eigenvalue weighted by molar-refractivity contribution is -0.140. The lowest BCUT2D eigenvalue weighted by Gasteiger charge is -2.34. The summed E-state index contributed by atoms with van der Waals surface area (Å²) < 4.78 is 66.4. The fourth-order valence-electron chi connectivity index (χ4n) is 1.67. The Morgan fingerprint density at radius 3 is 1.67 bits per heavy atom. The normalized spacial score (nSPS) is 12.0. The molecule has 21 heavy (non-hydrogen) atoms. The zero-order chi connectivity index (χ0) is 16.5. The van der Waals surface area contributed by atoms with Crippen LogP contribution in [-0.4, -0.2) is 28.1 Å². The predicted octanol–water partition coefficient (Wildman–Crippen LogP) is 3.07. The molecule has 0 aliphatic carbocycles. The minimum Gasteiger partial charge on any atom is -0.480 e. The van der Waals surface area contributed by atoms with Crippen molar-refractivity contribution >= 4 is 5.97 Å². The van der Waals surface area contributed by atoms with Crippen molar-refractivity contribution < 1.29 is 31.9 Å². The van der Waals surface area contributed by atoms with Crippen LogP contribution < -0.4 is 0 Å². The molecule has 0 atom stereocenters. The second-order valence-corrected chi connectivity index (χ2v) is 5.47. The Hall–Kier alpha value is -1.70. The Morgan fingerprint density at radius 2 is 1.33 bits per heavy atom. The molecule has 0 aromatic heterocycles. The van der Waals surface area contributed by atoms with E-state index < -0.39 is 59.2 Å². The molecule has 0 bridgehead atoms. The number of halogens is 5. The van der Waals surface area contributed by atoms with E-state index in [0.29, 0.717) is 0 Å². The third-order valence-electron chi connectivity index (χ3n) is 2.92. The van der Waals surface area contributed by atoms with Gasteiger partial charge in [0.15, 0.2) is 23.3 Å². The molecule has 118 valence electrons. The molecule has 0 unspecified atom stereocenters. The van der Waals surface area contributed by atoms with Crippen LogP contribution in [0, 0.1) is 29.1 Å². The van der Waals surface area contributed by atoms with Crippen LogP contribution in [0.15, 0.2) is 0 Å². The molecule has 8 heteroatoms. The number of nitrogens with zero attached hydrogens (tertiary/aromatic N) is 1. The van der Waals surface area contributed by atoms with Crippen molar-refractivity contribution in [2.24, 2.45) is 0 Å². The lowest BCUT2D eigenvalue weighted by atomic mass is 10.0. The van der Waals surface area contributed by atoms with Crippen LogP contribution in [0.3, 0.4) is 0 Å². The van der Waals surface area contributed by atoms with Crippen molar-refractivity contribution in [1.29, 1.82) is 0 Å². The maximum absolute atomic E-state index is 13.6. The molecule has 0 aliphatic rings. The highest BCUT2D eigenvalue weighted by Crippen LogP contribution is 2.26. The standard InChI is InChI=1S/C13H14F5NO2/c1-13(2,3)19(5-7(20)21)4-6-8(14)10(16)12(18)11(17)9(6)15/h4-5H2,1-3H3,(H,20,21). The van der Waals surface area contributed by atoms with Gasteiger partial charge in [-0.1, -0.05) is 0 Å². The first kappa shape index (κ1) is 17.4. The van der Waals surface area contributed by atoms with Crippen LogP contribution in [0.2, 0.25) is 0 Å². The highest BCUT2D eigenvalue weighted by Gasteiger charge is 2.30. The highest BCUT2D eigenvalue weighted by atomic mass is 19.2. The molecular formula is C13H14F5NO2. The van der Waals surface area contributed by atoms with Gasteiger partial charge in [0.05, 0.1) is 6.54 Å². The number of aliphatic carboxylic acids is 1. The average Bonchev–Trinajstić information content (AvgIpc) is 2.36. The van der Waals surface area contributed by atoms with Gasteiger partial charge in [0.25, 0.3) is 0 Å². The van der Waals surface area contributed by atoms with Crippen molar-refractivity contribution in [1.82, 2.24) is 4.90 Å². The predicted molar refractivity (Wildman–Crippen MR) is 64.0 cm³/mol. The molecule has 1 aromatic carbocycles. The van der Waals surface area contributed by atoms with Gasteiger partial charge in [-0.15, -0.1) is 0 Å². The second-order valence-electron chi connectivity index (χ2n) is 5.47. The van der Waals surface area contributed by atoms with Gasteiger partial charge in [-0.2, -0.15) is 0 Å².